The standard InChI is InChI=1S/C15H27N3S/c1-7-16-13-8-12(15(4,5)6)17-14(18-13)10-19-9-11(2)3/h8,11H,7,9-10H2,1-6H3,(H,16,17,18). The quantitative estimate of drug-likeness (QED) is 0.852. The van der Waals surface area contributed by atoms with Gasteiger partial charge in [0.15, 0.2) is 0 Å². The van der Waals surface area contributed by atoms with E-state index < -0.39 is 0 Å². The lowest BCUT2D eigenvalue weighted by Gasteiger charge is -2.19. The maximum Gasteiger partial charge on any atom is 0.140 e. The summed E-state index contributed by atoms with van der Waals surface area (Å²) in [4.78, 5) is 9.30. The van der Waals surface area contributed by atoms with Gasteiger partial charge in [-0.05, 0) is 18.6 Å². The lowest BCUT2D eigenvalue weighted by Crippen LogP contribution is -2.16. The molecule has 0 radical (unpaired) electrons. The molecule has 0 amide bonds. The first kappa shape index (κ1) is 16.3. The molecule has 4 heteroatoms. The summed E-state index contributed by atoms with van der Waals surface area (Å²) in [6.07, 6.45) is 0. The van der Waals surface area contributed by atoms with E-state index in [9.17, 15) is 0 Å². The van der Waals surface area contributed by atoms with E-state index in [1.165, 1.54) is 0 Å². The lowest BCUT2D eigenvalue weighted by atomic mass is 9.92. The summed E-state index contributed by atoms with van der Waals surface area (Å²) < 4.78 is 0. The minimum absolute atomic E-state index is 0.0601. The van der Waals surface area contributed by atoms with Gasteiger partial charge in [-0.3, -0.25) is 0 Å². The number of hydrogen-bond donors (Lipinski definition) is 1. The number of nitrogens with one attached hydrogen (secondary N) is 1. The van der Waals surface area contributed by atoms with Gasteiger partial charge in [0.2, 0.25) is 0 Å². The molecular formula is C15H27N3S. The Kier molecular flexibility index (Phi) is 6.11. The van der Waals surface area contributed by atoms with Crippen molar-refractivity contribution in [2.24, 2.45) is 5.92 Å². The Morgan fingerprint density at radius 1 is 1.26 bits per heavy atom. The molecule has 1 N–H and O–H groups in total. The minimum Gasteiger partial charge on any atom is -0.370 e. The molecule has 0 saturated heterocycles. The van der Waals surface area contributed by atoms with Crippen LogP contribution >= 0.6 is 11.8 Å². The van der Waals surface area contributed by atoms with Crippen molar-refractivity contribution in [3.63, 3.8) is 0 Å². The smallest absolute Gasteiger partial charge is 0.140 e. The van der Waals surface area contributed by atoms with Crippen LogP contribution in [-0.4, -0.2) is 22.3 Å². The summed E-state index contributed by atoms with van der Waals surface area (Å²) >= 11 is 1.91. The van der Waals surface area contributed by atoms with Crippen LogP contribution in [0.3, 0.4) is 0 Å². The molecule has 0 aliphatic rings. The monoisotopic (exact) mass is 281 g/mol. The Hall–Kier alpha value is -0.770. The predicted molar refractivity (Wildman–Crippen MR) is 85.9 cm³/mol. The third-order valence-corrected chi connectivity index (χ3v) is 3.95. The second-order valence-corrected chi connectivity index (χ2v) is 7.27. The average Bonchev–Trinajstić information content (AvgIpc) is 2.27. The topological polar surface area (TPSA) is 37.8 Å². The van der Waals surface area contributed by atoms with Crippen LogP contribution in [0.15, 0.2) is 6.07 Å². The van der Waals surface area contributed by atoms with Crippen molar-refractivity contribution in [2.75, 3.05) is 17.6 Å². The SMILES string of the molecule is CCNc1cc(C(C)(C)C)nc(CSCC(C)C)n1. The zero-order valence-corrected chi connectivity index (χ0v) is 13.9. The number of aromatic nitrogens is 2. The molecule has 0 aliphatic heterocycles. The highest BCUT2D eigenvalue weighted by Crippen LogP contribution is 2.23. The van der Waals surface area contributed by atoms with Crippen LogP contribution in [0.5, 0.6) is 0 Å². The molecule has 1 aromatic rings. The van der Waals surface area contributed by atoms with E-state index in [1.54, 1.807) is 0 Å². The van der Waals surface area contributed by atoms with E-state index in [-0.39, 0.29) is 5.41 Å². The number of thioether (sulfide) groups is 1. The fourth-order valence-electron chi connectivity index (χ4n) is 1.60. The number of nitrogens with zero attached hydrogens (tertiary/aromatic N) is 2. The van der Waals surface area contributed by atoms with Crippen LogP contribution in [0.4, 0.5) is 5.82 Å². The van der Waals surface area contributed by atoms with Crippen LogP contribution in [0.1, 0.15) is 53.1 Å². The highest BCUT2D eigenvalue weighted by atomic mass is 32.2. The number of rotatable bonds is 6. The highest BCUT2D eigenvalue weighted by Gasteiger charge is 2.17. The highest BCUT2D eigenvalue weighted by molar-refractivity contribution is 7.98. The Morgan fingerprint density at radius 3 is 2.47 bits per heavy atom. The first-order chi connectivity index (χ1) is 8.82. The van der Waals surface area contributed by atoms with Crippen molar-refractivity contribution < 1.29 is 0 Å². The van der Waals surface area contributed by atoms with Crippen molar-refractivity contribution in [2.45, 2.75) is 52.7 Å². The van der Waals surface area contributed by atoms with E-state index in [4.69, 9.17) is 4.98 Å². The van der Waals surface area contributed by atoms with Gasteiger partial charge >= 0.3 is 0 Å². The van der Waals surface area contributed by atoms with Gasteiger partial charge in [0.1, 0.15) is 11.6 Å². The zero-order chi connectivity index (χ0) is 14.5. The van der Waals surface area contributed by atoms with Crippen LogP contribution in [-0.2, 0) is 11.2 Å². The number of anilines is 1. The van der Waals surface area contributed by atoms with Gasteiger partial charge in [-0.15, -0.1) is 0 Å². The molecule has 1 aromatic heterocycles. The van der Waals surface area contributed by atoms with Crippen LogP contribution in [0.2, 0.25) is 0 Å². The Balaban J connectivity index is 2.87. The van der Waals surface area contributed by atoms with Crippen molar-refractivity contribution in [1.29, 1.82) is 0 Å². The first-order valence-corrected chi connectivity index (χ1v) is 8.18. The van der Waals surface area contributed by atoms with E-state index in [2.05, 4.69) is 57.9 Å². The fraction of sp³-hybridized carbons (Fsp3) is 0.733. The van der Waals surface area contributed by atoms with E-state index >= 15 is 0 Å². The van der Waals surface area contributed by atoms with Gasteiger partial charge < -0.3 is 5.32 Å². The van der Waals surface area contributed by atoms with Gasteiger partial charge in [-0.2, -0.15) is 11.8 Å². The van der Waals surface area contributed by atoms with Gasteiger partial charge in [0.05, 0.1) is 11.4 Å². The van der Waals surface area contributed by atoms with E-state index in [0.29, 0.717) is 5.92 Å². The molecule has 0 aromatic carbocycles. The maximum atomic E-state index is 4.71. The molecule has 3 nitrogen and oxygen atoms in total. The van der Waals surface area contributed by atoms with Gasteiger partial charge in [-0.1, -0.05) is 34.6 Å². The molecule has 108 valence electrons. The zero-order valence-electron chi connectivity index (χ0n) is 13.1. The summed E-state index contributed by atoms with van der Waals surface area (Å²) in [5.41, 5.74) is 1.17. The molecule has 1 rings (SSSR count). The Morgan fingerprint density at radius 2 is 1.95 bits per heavy atom. The molecule has 19 heavy (non-hydrogen) atoms. The van der Waals surface area contributed by atoms with Crippen LogP contribution < -0.4 is 5.32 Å². The summed E-state index contributed by atoms with van der Waals surface area (Å²) in [6, 6.07) is 2.07. The predicted octanol–water partition coefficient (Wildman–Crippen LogP) is 4.10. The van der Waals surface area contributed by atoms with Crippen LogP contribution in [0.25, 0.3) is 0 Å². The van der Waals surface area contributed by atoms with Gasteiger partial charge in [-0.25, -0.2) is 9.97 Å². The molecule has 1 heterocycles. The largest absolute Gasteiger partial charge is 0.370 e. The van der Waals surface area contributed by atoms with E-state index in [0.717, 1.165) is 35.4 Å². The molecule has 0 atom stereocenters. The van der Waals surface area contributed by atoms with Crippen molar-refractivity contribution >= 4 is 17.6 Å². The summed E-state index contributed by atoms with van der Waals surface area (Å²) in [5, 5.41) is 3.30. The molecular weight excluding hydrogens is 254 g/mol. The Labute approximate surface area is 122 Å². The maximum absolute atomic E-state index is 4.71. The van der Waals surface area contributed by atoms with Crippen LogP contribution in [0, 0.1) is 5.92 Å². The summed E-state index contributed by atoms with van der Waals surface area (Å²) in [6.45, 7) is 14.0. The number of hydrogen-bond acceptors (Lipinski definition) is 4. The third-order valence-electron chi connectivity index (χ3n) is 2.58. The molecule has 0 aliphatic carbocycles. The third kappa shape index (κ3) is 5.81. The molecule has 0 saturated carbocycles. The second kappa shape index (κ2) is 7.13. The molecule has 0 spiro atoms. The molecule has 0 bridgehead atoms. The average molecular weight is 281 g/mol. The van der Waals surface area contributed by atoms with Crippen molar-refractivity contribution in [1.82, 2.24) is 9.97 Å². The minimum atomic E-state index is 0.0601. The molecule has 0 fully saturated rings. The molecule has 0 unspecified atom stereocenters. The van der Waals surface area contributed by atoms with Gasteiger partial charge in [0.25, 0.3) is 0 Å². The summed E-state index contributed by atoms with van der Waals surface area (Å²) in [5.74, 6) is 4.64. The van der Waals surface area contributed by atoms with E-state index in [1.807, 2.05) is 11.8 Å². The van der Waals surface area contributed by atoms with Crippen molar-refractivity contribution in [3.8, 4) is 0 Å². The first-order valence-electron chi connectivity index (χ1n) is 7.03. The fourth-order valence-corrected chi connectivity index (χ4v) is 2.50. The van der Waals surface area contributed by atoms with Crippen molar-refractivity contribution in [3.05, 3.63) is 17.6 Å². The lowest BCUT2D eigenvalue weighted by molar-refractivity contribution is 0.564. The second-order valence-electron chi connectivity index (χ2n) is 6.24. The normalized spacial score (nSPS) is 11.9. The summed E-state index contributed by atoms with van der Waals surface area (Å²) in [7, 11) is 0. The Bertz CT molecular complexity index is 397. The van der Waals surface area contributed by atoms with Gasteiger partial charge in [0, 0.05) is 18.0 Å².